The maximum atomic E-state index is 10.8. The highest BCUT2D eigenvalue weighted by Crippen LogP contribution is 2.32. The third-order valence-corrected chi connectivity index (χ3v) is 3.96. The van der Waals surface area contributed by atoms with E-state index in [0.717, 1.165) is 11.3 Å². The number of ether oxygens (including phenoxy) is 3. The van der Waals surface area contributed by atoms with E-state index in [2.05, 4.69) is 15.8 Å². The topological polar surface area (TPSA) is 108 Å². The number of hydrogen-bond acceptors (Lipinski definition) is 7. The van der Waals surface area contributed by atoms with Gasteiger partial charge in [-0.3, -0.25) is 15.5 Å². The van der Waals surface area contributed by atoms with Crippen molar-refractivity contribution < 1.29 is 19.1 Å². The van der Waals surface area contributed by atoms with Gasteiger partial charge in [0.1, 0.15) is 5.69 Å². The summed E-state index contributed by atoms with van der Waals surface area (Å²) in [5, 5.41) is 18.7. The third-order valence-electron chi connectivity index (χ3n) is 3.96. The zero-order valence-corrected chi connectivity index (χ0v) is 14.3. The Morgan fingerprint density at radius 2 is 1.88 bits per heavy atom. The van der Waals surface area contributed by atoms with E-state index < -0.39 is 10.7 Å². The van der Waals surface area contributed by atoms with Gasteiger partial charge >= 0.3 is 0 Å². The summed E-state index contributed by atoms with van der Waals surface area (Å²) < 4.78 is 16.3. The molecule has 0 amide bonds. The normalized spacial score (nSPS) is 15.9. The summed E-state index contributed by atoms with van der Waals surface area (Å²) in [5.41, 5.74) is 4.74. The minimum Gasteiger partial charge on any atom is -0.494 e. The summed E-state index contributed by atoms with van der Waals surface area (Å²) in [6, 6.07) is 11.5. The predicted molar refractivity (Wildman–Crippen MR) is 93.5 cm³/mol. The first-order valence-electron chi connectivity index (χ1n) is 7.89. The molecule has 9 heteroatoms. The highest BCUT2D eigenvalue weighted by Gasteiger charge is 2.32. The molecule has 3 rings (SSSR count). The number of non-ortho nitro benzene ring substituents is 1. The van der Waals surface area contributed by atoms with E-state index in [4.69, 9.17) is 14.2 Å². The number of anilines is 1. The maximum Gasteiger partial charge on any atom is 0.273 e. The van der Waals surface area contributed by atoms with Crippen molar-refractivity contribution in [1.29, 1.82) is 0 Å². The van der Waals surface area contributed by atoms with Gasteiger partial charge in [0.15, 0.2) is 11.5 Å². The average Bonchev–Trinajstić information content (AvgIpc) is 3.10. The molecule has 2 aromatic rings. The molecule has 0 radical (unpaired) electrons. The summed E-state index contributed by atoms with van der Waals surface area (Å²) in [6.07, 6.45) is 0. The fourth-order valence-electron chi connectivity index (χ4n) is 2.53. The van der Waals surface area contributed by atoms with Crippen LogP contribution in [0.2, 0.25) is 0 Å². The molecule has 0 saturated carbocycles. The molecule has 1 fully saturated rings. The lowest BCUT2D eigenvalue weighted by Gasteiger charge is -2.22. The quantitative estimate of drug-likeness (QED) is 0.476. The van der Waals surface area contributed by atoms with Crippen molar-refractivity contribution >= 4 is 17.1 Å². The van der Waals surface area contributed by atoms with Gasteiger partial charge in [0.25, 0.3) is 5.69 Å². The van der Waals surface area contributed by atoms with Crippen LogP contribution in [0.5, 0.6) is 5.75 Å². The largest absolute Gasteiger partial charge is 0.494 e. The number of nitrogens with one attached hydrogen (secondary N) is 1. The minimum absolute atomic E-state index is 0.0748. The van der Waals surface area contributed by atoms with Crippen LogP contribution < -0.4 is 10.2 Å². The van der Waals surface area contributed by atoms with Crippen molar-refractivity contribution in [3.8, 4) is 5.75 Å². The Labute approximate surface area is 149 Å². The fraction of sp³-hybridized carbons (Fsp3) is 0.294. The Morgan fingerprint density at radius 3 is 2.50 bits per heavy atom. The van der Waals surface area contributed by atoms with Gasteiger partial charge < -0.3 is 14.2 Å². The molecule has 0 bridgehead atoms. The second-order valence-electron chi connectivity index (χ2n) is 5.65. The van der Waals surface area contributed by atoms with Crippen molar-refractivity contribution in [1.82, 2.24) is 0 Å². The van der Waals surface area contributed by atoms with Gasteiger partial charge in [0.05, 0.1) is 37.0 Å². The maximum absolute atomic E-state index is 10.8. The Balaban J connectivity index is 1.68. The molecule has 1 aliphatic rings. The second-order valence-corrected chi connectivity index (χ2v) is 5.65. The summed E-state index contributed by atoms with van der Waals surface area (Å²) in [5.74, 6) is -0.449. The summed E-state index contributed by atoms with van der Waals surface area (Å²) >= 11 is 0. The highest BCUT2D eigenvalue weighted by molar-refractivity contribution is 5.56. The number of benzene rings is 2. The van der Waals surface area contributed by atoms with E-state index in [0.29, 0.717) is 18.9 Å². The van der Waals surface area contributed by atoms with E-state index >= 15 is 0 Å². The van der Waals surface area contributed by atoms with Crippen LogP contribution in [-0.2, 0) is 15.3 Å². The lowest BCUT2D eigenvalue weighted by molar-refractivity contribution is -0.384. The lowest BCUT2D eigenvalue weighted by atomic mass is 10.1. The molecule has 0 aliphatic carbocycles. The molecule has 0 aromatic heterocycles. The molecule has 1 N–H and O–H groups in total. The Kier molecular flexibility index (Phi) is 5.10. The van der Waals surface area contributed by atoms with Crippen LogP contribution in [0.25, 0.3) is 0 Å². The molecular weight excluding hydrogens is 340 g/mol. The van der Waals surface area contributed by atoms with Gasteiger partial charge in [-0.05, 0) is 25.1 Å². The fourth-order valence-corrected chi connectivity index (χ4v) is 2.53. The number of nitro benzene ring substituents is 1. The molecule has 136 valence electrons. The van der Waals surface area contributed by atoms with Crippen LogP contribution in [0, 0.1) is 10.1 Å². The van der Waals surface area contributed by atoms with Gasteiger partial charge in [-0.15, -0.1) is 5.11 Å². The molecular formula is C17H18N4O5. The number of hydrogen-bond donors (Lipinski definition) is 1. The van der Waals surface area contributed by atoms with Gasteiger partial charge in [0, 0.05) is 11.6 Å². The number of nitro groups is 1. The molecule has 2 aromatic carbocycles. The monoisotopic (exact) mass is 358 g/mol. The summed E-state index contributed by atoms with van der Waals surface area (Å²) in [6.45, 7) is 3.02. The Bertz CT molecular complexity index is 816. The van der Waals surface area contributed by atoms with Crippen LogP contribution in [0.4, 0.5) is 17.1 Å². The van der Waals surface area contributed by atoms with Gasteiger partial charge in [-0.25, -0.2) is 0 Å². The number of methoxy groups -OCH3 is 1. The van der Waals surface area contributed by atoms with Crippen molar-refractivity contribution in [3.05, 3.63) is 58.1 Å². The molecule has 1 aliphatic heterocycles. The third kappa shape index (κ3) is 3.79. The molecule has 1 heterocycles. The summed E-state index contributed by atoms with van der Waals surface area (Å²) in [4.78, 5) is 10.3. The van der Waals surface area contributed by atoms with Crippen LogP contribution >= 0.6 is 0 Å². The van der Waals surface area contributed by atoms with E-state index in [1.165, 1.54) is 25.3 Å². The first-order valence-corrected chi connectivity index (χ1v) is 7.89. The summed E-state index contributed by atoms with van der Waals surface area (Å²) in [7, 11) is 1.41. The number of nitrogens with zero attached hydrogens (tertiary/aromatic N) is 3. The molecule has 0 unspecified atom stereocenters. The van der Waals surface area contributed by atoms with Crippen LogP contribution in [0.1, 0.15) is 12.5 Å². The van der Waals surface area contributed by atoms with E-state index in [1.807, 2.05) is 31.2 Å². The van der Waals surface area contributed by atoms with Crippen LogP contribution in [0.3, 0.4) is 0 Å². The molecule has 0 atom stereocenters. The second kappa shape index (κ2) is 7.46. The minimum atomic E-state index is -0.716. The Hall–Kier alpha value is -3.04. The first-order chi connectivity index (χ1) is 12.5. The zero-order valence-electron chi connectivity index (χ0n) is 14.3. The first kappa shape index (κ1) is 17.8. The lowest BCUT2D eigenvalue weighted by Crippen LogP contribution is -2.22. The Morgan fingerprint density at radius 1 is 1.19 bits per heavy atom. The van der Waals surface area contributed by atoms with Gasteiger partial charge in [0.2, 0.25) is 0 Å². The van der Waals surface area contributed by atoms with Gasteiger partial charge in [-0.2, -0.15) is 0 Å². The van der Waals surface area contributed by atoms with Crippen molar-refractivity contribution in [2.45, 2.75) is 12.7 Å². The predicted octanol–water partition coefficient (Wildman–Crippen LogP) is 3.93. The SMILES string of the molecule is COc1cc([N+](=O)[O-])ccc1N=NNc1ccc(C2(C)OCCO2)cc1. The van der Waals surface area contributed by atoms with Gasteiger partial charge in [-0.1, -0.05) is 17.4 Å². The molecule has 9 nitrogen and oxygen atoms in total. The van der Waals surface area contributed by atoms with Crippen LogP contribution in [0.15, 0.2) is 52.8 Å². The van der Waals surface area contributed by atoms with Crippen molar-refractivity contribution in [2.24, 2.45) is 10.3 Å². The average molecular weight is 358 g/mol. The zero-order chi connectivity index (χ0) is 18.6. The van der Waals surface area contributed by atoms with Crippen molar-refractivity contribution in [2.75, 3.05) is 25.7 Å². The molecule has 0 spiro atoms. The highest BCUT2D eigenvalue weighted by atomic mass is 16.7. The van der Waals surface area contributed by atoms with Crippen LogP contribution in [-0.4, -0.2) is 25.2 Å². The van der Waals surface area contributed by atoms with E-state index in [-0.39, 0.29) is 11.4 Å². The molecule has 1 saturated heterocycles. The van der Waals surface area contributed by atoms with E-state index in [1.54, 1.807) is 0 Å². The molecule has 26 heavy (non-hydrogen) atoms. The standard InChI is InChI=1S/C17H18N4O5/c1-17(25-9-10-26-17)12-3-5-13(6-4-12)18-20-19-15-8-7-14(21(22)23)11-16(15)24-2/h3-8,11H,9-10H2,1-2H3,(H,18,19). The number of rotatable bonds is 6. The van der Waals surface area contributed by atoms with Crippen molar-refractivity contribution in [3.63, 3.8) is 0 Å². The smallest absolute Gasteiger partial charge is 0.273 e. The van der Waals surface area contributed by atoms with E-state index in [9.17, 15) is 10.1 Å².